The van der Waals surface area contributed by atoms with Gasteiger partial charge < -0.3 is 33.8 Å². The molecule has 19 heteroatoms. The number of carbonyl (C=O) groups is 4. The summed E-state index contributed by atoms with van der Waals surface area (Å²) in [7, 11) is -9.92. The zero-order chi connectivity index (χ0) is 74.8. The average Bonchev–Trinajstić information content (AvgIpc) is 0.915. The van der Waals surface area contributed by atoms with Gasteiger partial charge in [-0.2, -0.15) is 0 Å². The molecule has 0 aliphatic heterocycles. The number of esters is 4. The van der Waals surface area contributed by atoms with E-state index < -0.39 is 97.5 Å². The quantitative estimate of drug-likeness (QED) is 0.0222. The molecule has 0 rings (SSSR count). The molecule has 0 fully saturated rings. The zero-order valence-corrected chi connectivity index (χ0v) is 68.5. The van der Waals surface area contributed by atoms with Gasteiger partial charge in [0, 0.05) is 25.7 Å². The Hall–Kier alpha value is -1.94. The van der Waals surface area contributed by atoms with Gasteiger partial charge in [-0.25, -0.2) is 9.13 Å². The largest absolute Gasteiger partial charge is 0.472 e. The first kappa shape index (κ1) is 100. The third kappa shape index (κ3) is 76.3. The van der Waals surface area contributed by atoms with Crippen LogP contribution in [0.15, 0.2) is 0 Å². The molecule has 102 heavy (non-hydrogen) atoms. The van der Waals surface area contributed by atoms with Crippen molar-refractivity contribution in [1.29, 1.82) is 0 Å². The molecule has 0 aliphatic rings. The summed E-state index contributed by atoms with van der Waals surface area (Å²) in [4.78, 5) is 73.0. The third-order valence-corrected chi connectivity index (χ3v) is 21.4. The van der Waals surface area contributed by atoms with Crippen LogP contribution in [0.3, 0.4) is 0 Å². The number of hydrogen-bond acceptors (Lipinski definition) is 15. The van der Waals surface area contributed by atoms with Crippen molar-refractivity contribution in [2.45, 2.75) is 464 Å². The summed E-state index contributed by atoms with van der Waals surface area (Å²) < 4.78 is 68.7. The topological polar surface area (TPSA) is 237 Å². The van der Waals surface area contributed by atoms with Gasteiger partial charge in [-0.15, -0.1) is 0 Å². The smallest absolute Gasteiger partial charge is 0.462 e. The molecule has 0 saturated heterocycles. The molecule has 0 radical (unpaired) electrons. The zero-order valence-electron chi connectivity index (χ0n) is 66.8. The number of aliphatic hydroxyl groups excluding tert-OH is 1. The molecule has 17 nitrogen and oxygen atoms in total. The fraction of sp³-hybridized carbons (Fsp3) is 0.952. The molecule has 0 aliphatic carbocycles. The first-order valence-electron chi connectivity index (χ1n) is 43.1. The van der Waals surface area contributed by atoms with Gasteiger partial charge in [0.2, 0.25) is 0 Å². The molecule has 0 spiro atoms. The maximum Gasteiger partial charge on any atom is 0.472 e. The molecule has 0 aromatic rings. The maximum absolute atomic E-state index is 13.1. The van der Waals surface area contributed by atoms with E-state index in [2.05, 4.69) is 34.6 Å². The summed E-state index contributed by atoms with van der Waals surface area (Å²) in [5.41, 5.74) is 0. The van der Waals surface area contributed by atoms with Crippen LogP contribution in [0.4, 0.5) is 0 Å². The minimum atomic E-state index is -4.96. The van der Waals surface area contributed by atoms with E-state index in [0.29, 0.717) is 25.7 Å². The molecule has 0 amide bonds. The van der Waals surface area contributed by atoms with Crippen molar-refractivity contribution in [3.63, 3.8) is 0 Å². The molecule has 0 aromatic heterocycles. The summed E-state index contributed by atoms with van der Waals surface area (Å²) in [5, 5.41) is 10.6. The lowest BCUT2D eigenvalue weighted by atomic mass is 10.0. The summed E-state index contributed by atoms with van der Waals surface area (Å²) >= 11 is 0. The molecule has 606 valence electrons. The highest BCUT2D eigenvalue weighted by Gasteiger charge is 2.30. The van der Waals surface area contributed by atoms with Gasteiger partial charge in [0.15, 0.2) is 12.2 Å². The second kappa shape index (κ2) is 75.9. The van der Waals surface area contributed by atoms with Crippen molar-refractivity contribution in [2.75, 3.05) is 39.6 Å². The first-order valence-corrected chi connectivity index (χ1v) is 46.1. The highest BCUT2D eigenvalue weighted by molar-refractivity contribution is 7.47. The number of phosphoric ester groups is 2. The van der Waals surface area contributed by atoms with Gasteiger partial charge in [0.25, 0.3) is 0 Å². The SMILES string of the molecule is CCCCCCCCCCCCCCCCCCCCCCCCC(=O)O[C@H](COC(=O)CCCCCCCCCCCCCCCCC(C)C)COP(=O)(O)OC[C@@H](O)COP(=O)(O)OC[C@@H](COC(=O)CCCCCCCCCCC)OC(=O)CCCCCCCCCCCCCCCC. The highest BCUT2D eigenvalue weighted by Crippen LogP contribution is 2.45. The Balaban J connectivity index is 5.19. The van der Waals surface area contributed by atoms with E-state index in [1.807, 2.05) is 0 Å². The Labute approximate surface area is 626 Å². The van der Waals surface area contributed by atoms with Crippen molar-refractivity contribution in [3.8, 4) is 0 Å². The molecule has 0 saturated carbocycles. The van der Waals surface area contributed by atoms with Crippen molar-refractivity contribution in [3.05, 3.63) is 0 Å². The fourth-order valence-corrected chi connectivity index (χ4v) is 14.5. The Bertz CT molecular complexity index is 1940. The van der Waals surface area contributed by atoms with Crippen LogP contribution in [0.2, 0.25) is 0 Å². The van der Waals surface area contributed by atoms with Crippen molar-refractivity contribution >= 4 is 39.5 Å². The standard InChI is InChI=1S/C83H162O17P2/c1-6-9-12-15-18-21-23-25-27-28-29-30-31-32-33-34-40-44-49-54-59-64-69-83(88)100-79(73-94-81(86)67-62-57-52-47-42-39-36-35-37-41-46-50-55-60-65-76(4)5)75-98-102(91,92)96-71-77(84)70-95-101(89,90)97-74-78(72-93-80(85)66-61-56-51-45-20-17-14-11-8-3)99-82(87)68-63-58-53-48-43-38-26-24-22-19-16-13-10-7-2/h76-79,84H,6-75H2,1-5H3,(H,89,90)(H,91,92)/t77-,78+,79+/m0/s1. The van der Waals surface area contributed by atoms with E-state index in [0.717, 1.165) is 95.8 Å². The minimum absolute atomic E-state index is 0.108. The van der Waals surface area contributed by atoms with Crippen LogP contribution in [0.25, 0.3) is 0 Å². The van der Waals surface area contributed by atoms with Gasteiger partial charge in [-0.1, -0.05) is 394 Å². The Morgan fingerprint density at radius 2 is 0.451 bits per heavy atom. The Morgan fingerprint density at radius 1 is 0.265 bits per heavy atom. The summed E-state index contributed by atoms with van der Waals surface area (Å²) in [5.74, 6) is -1.31. The van der Waals surface area contributed by atoms with E-state index >= 15 is 0 Å². The lowest BCUT2D eigenvalue weighted by molar-refractivity contribution is -0.161. The molecular weight excluding hydrogens is 1330 g/mol. The van der Waals surface area contributed by atoms with Crippen LogP contribution >= 0.6 is 15.6 Å². The first-order chi connectivity index (χ1) is 49.5. The van der Waals surface area contributed by atoms with Crippen LogP contribution in [-0.2, 0) is 65.4 Å². The van der Waals surface area contributed by atoms with Gasteiger partial charge in [-0.05, 0) is 31.6 Å². The average molecular weight is 1490 g/mol. The van der Waals surface area contributed by atoms with Gasteiger partial charge >= 0.3 is 39.5 Å². The number of carbonyl (C=O) groups excluding carboxylic acids is 4. The maximum atomic E-state index is 13.1. The van der Waals surface area contributed by atoms with Gasteiger partial charge in [0.1, 0.15) is 19.3 Å². The normalized spacial score (nSPS) is 13.8. The van der Waals surface area contributed by atoms with E-state index in [1.54, 1.807) is 0 Å². The van der Waals surface area contributed by atoms with E-state index in [-0.39, 0.29) is 25.7 Å². The van der Waals surface area contributed by atoms with Crippen LogP contribution in [0.1, 0.15) is 446 Å². The predicted molar refractivity (Wildman–Crippen MR) is 418 cm³/mol. The summed E-state index contributed by atoms with van der Waals surface area (Å²) in [6, 6.07) is 0. The number of hydrogen-bond donors (Lipinski definition) is 3. The summed E-state index contributed by atoms with van der Waals surface area (Å²) in [6.45, 7) is 7.35. The van der Waals surface area contributed by atoms with Crippen LogP contribution in [0, 0.1) is 5.92 Å². The van der Waals surface area contributed by atoms with E-state index in [4.69, 9.17) is 37.0 Å². The van der Waals surface area contributed by atoms with Gasteiger partial charge in [0.05, 0.1) is 26.4 Å². The molecule has 5 atom stereocenters. The second-order valence-electron chi connectivity index (χ2n) is 30.3. The minimum Gasteiger partial charge on any atom is -0.462 e. The van der Waals surface area contributed by atoms with Crippen molar-refractivity contribution < 1.29 is 80.2 Å². The molecular formula is C83H162O17P2. The number of phosphoric acid groups is 2. The second-order valence-corrected chi connectivity index (χ2v) is 33.3. The van der Waals surface area contributed by atoms with Crippen LogP contribution in [0.5, 0.6) is 0 Å². The number of aliphatic hydroxyl groups is 1. The highest BCUT2D eigenvalue weighted by atomic mass is 31.2. The number of ether oxygens (including phenoxy) is 4. The van der Waals surface area contributed by atoms with Crippen molar-refractivity contribution in [1.82, 2.24) is 0 Å². The molecule has 2 unspecified atom stereocenters. The monoisotopic (exact) mass is 1490 g/mol. The van der Waals surface area contributed by atoms with E-state index in [1.165, 1.54) is 270 Å². The Morgan fingerprint density at radius 3 is 0.667 bits per heavy atom. The predicted octanol–water partition coefficient (Wildman–Crippen LogP) is 25.2. The fourth-order valence-electron chi connectivity index (χ4n) is 12.9. The van der Waals surface area contributed by atoms with Gasteiger partial charge in [-0.3, -0.25) is 37.3 Å². The number of unbranched alkanes of at least 4 members (excludes halogenated alkanes) is 55. The van der Waals surface area contributed by atoms with Crippen LogP contribution < -0.4 is 0 Å². The molecule has 3 N–H and O–H groups in total. The lowest BCUT2D eigenvalue weighted by Gasteiger charge is -2.21. The molecule has 0 bridgehead atoms. The lowest BCUT2D eigenvalue weighted by Crippen LogP contribution is -2.30. The third-order valence-electron chi connectivity index (χ3n) is 19.5. The summed E-state index contributed by atoms with van der Waals surface area (Å²) in [6.07, 6.45) is 68.1. The van der Waals surface area contributed by atoms with Crippen LogP contribution in [-0.4, -0.2) is 96.7 Å². The molecule has 0 aromatic carbocycles. The Kier molecular flexibility index (Phi) is 74.4. The number of rotatable bonds is 83. The molecule has 0 heterocycles. The van der Waals surface area contributed by atoms with Crippen molar-refractivity contribution in [2.24, 2.45) is 5.92 Å². The van der Waals surface area contributed by atoms with E-state index in [9.17, 15) is 43.2 Å².